The van der Waals surface area contributed by atoms with Crippen molar-refractivity contribution >= 4 is 15.2 Å². The molecule has 0 heterocycles. The molecule has 0 nitrogen and oxygen atoms in total. The van der Waals surface area contributed by atoms with Crippen LogP contribution in [0.3, 0.4) is 0 Å². The summed E-state index contributed by atoms with van der Waals surface area (Å²) in [6.45, 7) is 6.86. The fourth-order valence-electron chi connectivity index (χ4n) is 3.24. The van der Waals surface area contributed by atoms with Gasteiger partial charge in [-0.15, -0.1) is 10.6 Å². The molecule has 152 valence electrons. The van der Waals surface area contributed by atoms with Crippen molar-refractivity contribution in [2.24, 2.45) is 0 Å². The van der Waals surface area contributed by atoms with Crippen molar-refractivity contribution in [3.8, 4) is 0 Å². The third-order valence-electron chi connectivity index (χ3n) is 5.13. The van der Waals surface area contributed by atoms with Gasteiger partial charge in [-0.05, 0) is 0 Å². The molecule has 0 saturated heterocycles. The Kier molecular flexibility index (Phi) is 34.9. The van der Waals surface area contributed by atoms with E-state index in [1.54, 1.807) is 10.6 Å². The molecule has 0 bridgehead atoms. The van der Waals surface area contributed by atoms with Gasteiger partial charge in [-0.3, -0.25) is 0 Å². The summed E-state index contributed by atoms with van der Waals surface area (Å²) in [7, 11) is 0. The molecule has 0 aromatic heterocycles. The van der Waals surface area contributed by atoms with Crippen LogP contribution in [0.4, 0.5) is 0 Å². The van der Waals surface area contributed by atoms with E-state index in [-0.39, 0.29) is 0 Å². The monoisotopic (exact) mass is 430 g/mol. The number of rotatable bonds is 20. The van der Waals surface area contributed by atoms with Crippen LogP contribution in [0.15, 0.2) is 0 Å². The minimum atomic E-state index is 0.794. The first-order chi connectivity index (χ1) is 12.8. The van der Waals surface area contributed by atoms with Crippen molar-refractivity contribution in [1.29, 1.82) is 0 Å². The van der Waals surface area contributed by atoms with E-state index < -0.39 is 0 Å². The normalized spacial score (nSPS) is 10.5. The van der Waals surface area contributed by atoms with Crippen LogP contribution >= 0.6 is 0 Å². The van der Waals surface area contributed by atoms with Gasteiger partial charge in [0.15, 0.2) is 15.2 Å². The molecule has 0 spiro atoms. The molecule has 0 aliphatic rings. The zero-order valence-corrected chi connectivity index (χ0v) is 23.3. The van der Waals surface area contributed by atoms with Crippen LogP contribution in [-0.4, -0.2) is 15.2 Å². The molecule has 0 amide bonds. The van der Waals surface area contributed by atoms with E-state index in [4.69, 9.17) is 0 Å². The van der Waals surface area contributed by atoms with Gasteiger partial charge in [0.2, 0.25) is 0 Å². The Bertz CT molecular complexity index is 188. The second-order valence-electron chi connectivity index (χ2n) is 8.02. The van der Waals surface area contributed by atoms with Crippen molar-refractivity contribution < 1.29 is 18.3 Å². The zero-order valence-electron chi connectivity index (χ0n) is 19.1. The van der Waals surface area contributed by atoms with Crippen LogP contribution in [0, 0.1) is 0 Å². The summed E-state index contributed by atoms with van der Waals surface area (Å²) in [6, 6.07) is 0. The standard InChI is InChI=1S/3C8H17.Al.Zn/c3*1-3-5-7-8-6-4-2;;/h3*1,3-8H2,2H3;;. The van der Waals surface area contributed by atoms with Crippen molar-refractivity contribution in [2.45, 2.75) is 152 Å². The Morgan fingerprint density at radius 1 is 0.423 bits per heavy atom. The number of unbranched alkanes of at least 4 members (excludes halogenated alkanes) is 15. The van der Waals surface area contributed by atoms with Crippen LogP contribution in [0.25, 0.3) is 0 Å². The van der Waals surface area contributed by atoms with E-state index in [9.17, 15) is 0 Å². The predicted octanol–water partition coefficient (Wildman–Crippen LogP) is 9.56. The maximum absolute atomic E-state index is 2.30. The third-order valence-corrected chi connectivity index (χ3v) is 7.81. The molecule has 0 aliphatic heterocycles. The molecule has 0 N–H and O–H groups in total. The third kappa shape index (κ3) is 32.8. The van der Waals surface area contributed by atoms with Gasteiger partial charge in [0.05, 0.1) is 0 Å². The predicted molar refractivity (Wildman–Crippen MR) is 120 cm³/mol. The summed E-state index contributed by atoms with van der Waals surface area (Å²) < 4.78 is 0. The first-order valence-corrected chi connectivity index (χ1v) is 16.2. The summed E-state index contributed by atoms with van der Waals surface area (Å²) in [5.41, 5.74) is 0. The van der Waals surface area contributed by atoms with Crippen LogP contribution < -0.4 is 0 Å². The van der Waals surface area contributed by atoms with Crippen molar-refractivity contribution in [1.82, 2.24) is 0 Å². The fraction of sp³-hybridized carbons (Fsp3) is 1.00. The van der Waals surface area contributed by atoms with Gasteiger partial charge in [-0.1, -0.05) is 90.9 Å². The molecule has 0 fully saturated rings. The van der Waals surface area contributed by atoms with E-state index in [1.807, 2.05) is 0 Å². The number of hydrogen-bond donors (Lipinski definition) is 0. The molecule has 26 heavy (non-hydrogen) atoms. The average Bonchev–Trinajstić information content (AvgIpc) is 2.66. The molecule has 0 saturated carbocycles. The van der Waals surface area contributed by atoms with Crippen molar-refractivity contribution in [2.75, 3.05) is 0 Å². The molecule has 0 rings (SSSR count). The van der Waals surface area contributed by atoms with Gasteiger partial charge in [0.25, 0.3) is 0 Å². The molecule has 2 heteroatoms. The topological polar surface area (TPSA) is 0 Å². The van der Waals surface area contributed by atoms with Gasteiger partial charge >= 0.3 is 68.8 Å². The van der Waals surface area contributed by atoms with Gasteiger partial charge in [0, 0.05) is 0 Å². The Labute approximate surface area is 184 Å². The Hall–Kier alpha value is 1.16. The Morgan fingerprint density at radius 2 is 0.731 bits per heavy atom. The van der Waals surface area contributed by atoms with E-state index in [1.165, 1.54) is 139 Å². The van der Waals surface area contributed by atoms with Crippen LogP contribution in [0.1, 0.15) is 136 Å². The first-order valence-electron chi connectivity index (χ1n) is 12.4. The molecule has 0 aromatic carbocycles. The first kappa shape index (κ1) is 29.4. The summed E-state index contributed by atoms with van der Waals surface area (Å²) >= 11 is 2.29. The molecule has 0 atom stereocenters. The number of hydrogen-bond acceptors (Lipinski definition) is 0. The molecule has 1 radical (unpaired) electrons. The maximum atomic E-state index is 2.30. The summed E-state index contributed by atoms with van der Waals surface area (Å²) in [6.07, 6.45) is 26.4. The SMILES string of the molecule is CCCCCCC[CH2][Al][CH2]CCCCCCC.CCCCCCC[CH2][Zn]. The Morgan fingerprint density at radius 3 is 1.08 bits per heavy atom. The molecule has 0 unspecified atom stereocenters. The van der Waals surface area contributed by atoms with E-state index in [2.05, 4.69) is 20.8 Å². The van der Waals surface area contributed by atoms with Crippen molar-refractivity contribution in [3.63, 3.8) is 0 Å². The van der Waals surface area contributed by atoms with Crippen LogP contribution in [-0.2, 0) is 18.3 Å². The molecular formula is C24H51AlZn. The second-order valence-corrected chi connectivity index (χ2v) is 11.2. The van der Waals surface area contributed by atoms with Crippen LogP contribution in [0.5, 0.6) is 0 Å². The van der Waals surface area contributed by atoms with Gasteiger partial charge in [-0.25, -0.2) is 0 Å². The van der Waals surface area contributed by atoms with E-state index in [0.29, 0.717) is 0 Å². The zero-order chi connectivity index (χ0) is 19.6. The summed E-state index contributed by atoms with van der Waals surface area (Å²) in [5, 5.41) is 4.63. The molecule has 0 aromatic rings. The molecular weight excluding hydrogens is 381 g/mol. The van der Waals surface area contributed by atoms with Crippen LogP contribution in [0.2, 0.25) is 15.6 Å². The van der Waals surface area contributed by atoms with Crippen molar-refractivity contribution in [3.05, 3.63) is 0 Å². The second kappa shape index (κ2) is 30.9. The Balaban J connectivity index is 0. The molecule has 0 aliphatic carbocycles. The summed E-state index contributed by atoms with van der Waals surface area (Å²) in [4.78, 5) is 0. The minimum absolute atomic E-state index is 0.794. The van der Waals surface area contributed by atoms with E-state index >= 15 is 0 Å². The van der Waals surface area contributed by atoms with Gasteiger partial charge < -0.3 is 0 Å². The summed E-state index contributed by atoms with van der Waals surface area (Å²) in [5.74, 6) is 0. The van der Waals surface area contributed by atoms with Gasteiger partial charge in [-0.2, -0.15) is 0 Å². The average molecular weight is 432 g/mol. The van der Waals surface area contributed by atoms with Gasteiger partial charge in [0.1, 0.15) is 0 Å². The quantitative estimate of drug-likeness (QED) is 0.133. The van der Waals surface area contributed by atoms with E-state index in [0.717, 1.165) is 15.2 Å². The fourth-order valence-corrected chi connectivity index (χ4v) is 5.42.